The molecule has 0 unspecified atom stereocenters. The number of carbonyl (C=O) groups excluding carboxylic acids is 2. The summed E-state index contributed by atoms with van der Waals surface area (Å²) in [4.78, 5) is 24.9. The first-order valence-electron chi connectivity index (χ1n) is 7.18. The molecule has 8 nitrogen and oxygen atoms in total. The monoisotopic (exact) mass is 340 g/mol. The van der Waals surface area contributed by atoms with Gasteiger partial charge in [-0.05, 0) is 37.1 Å². The van der Waals surface area contributed by atoms with E-state index in [4.69, 9.17) is 5.73 Å². The van der Waals surface area contributed by atoms with Gasteiger partial charge < -0.3 is 16.0 Å². The SMILES string of the molecule is CS(=O)(=O)Nc1ccc(NC(=O)N2CCC(C(N)=O)CC2)cc1. The average Bonchev–Trinajstić information content (AvgIpc) is 2.48. The number of sulfonamides is 1. The Labute approximate surface area is 135 Å². The van der Waals surface area contributed by atoms with Crippen LogP contribution in [0.25, 0.3) is 0 Å². The van der Waals surface area contributed by atoms with Gasteiger partial charge in [0, 0.05) is 30.4 Å². The smallest absolute Gasteiger partial charge is 0.321 e. The minimum absolute atomic E-state index is 0.166. The zero-order chi connectivity index (χ0) is 17.0. The fourth-order valence-electron chi connectivity index (χ4n) is 2.41. The van der Waals surface area contributed by atoms with Crippen molar-refractivity contribution in [3.8, 4) is 0 Å². The zero-order valence-electron chi connectivity index (χ0n) is 12.8. The number of hydrogen-bond acceptors (Lipinski definition) is 4. The molecule has 0 spiro atoms. The number of anilines is 2. The summed E-state index contributed by atoms with van der Waals surface area (Å²) in [5, 5.41) is 2.74. The summed E-state index contributed by atoms with van der Waals surface area (Å²) in [6, 6.07) is 6.10. The van der Waals surface area contributed by atoms with Crippen molar-refractivity contribution in [1.82, 2.24) is 4.90 Å². The van der Waals surface area contributed by atoms with Crippen LogP contribution in [0.1, 0.15) is 12.8 Å². The van der Waals surface area contributed by atoms with Gasteiger partial charge in [-0.1, -0.05) is 0 Å². The number of benzene rings is 1. The molecule has 1 aliphatic rings. The fourth-order valence-corrected chi connectivity index (χ4v) is 2.97. The third kappa shape index (κ3) is 5.13. The van der Waals surface area contributed by atoms with E-state index in [0.29, 0.717) is 37.3 Å². The van der Waals surface area contributed by atoms with Crippen LogP contribution in [0.2, 0.25) is 0 Å². The number of nitrogens with zero attached hydrogens (tertiary/aromatic N) is 1. The maximum atomic E-state index is 12.1. The molecule has 0 aliphatic carbocycles. The standard InChI is InChI=1S/C14H20N4O4S/c1-23(21,22)17-12-4-2-11(3-5-12)16-14(20)18-8-6-10(7-9-18)13(15)19/h2-5,10,17H,6-9H2,1H3,(H2,15,19)(H,16,20). The molecule has 4 N–H and O–H groups in total. The summed E-state index contributed by atoms with van der Waals surface area (Å²) >= 11 is 0. The van der Waals surface area contributed by atoms with Gasteiger partial charge in [-0.2, -0.15) is 0 Å². The van der Waals surface area contributed by atoms with E-state index in [-0.39, 0.29) is 17.9 Å². The minimum Gasteiger partial charge on any atom is -0.369 e. The van der Waals surface area contributed by atoms with Gasteiger partial charge in [0.05, 0.1) is 6.26 Å². The van der Waals surface area contributed by atoms with Crippen molar-refractivity contribution in [3.05, 3.63) is 24.3 Å². The quantitative estimate of drug-likeness (QED) is 0.750. The molecule has 0 saturated carbocycles. The van der Waals surface area contributed by atoms with Crippen LogP contribution in [-0.4, -0.2) is 44.6 Å². The van der Waals surface area contributed by atoms with Gasteiger partial charge in [0.25, 0.3) is 0 Å². The Hall–Kier alpha value is -2.29. The lowest BCUT2D eigenvalue weighted by Crippen LogP contribution is -2.43. The van der Waals surface area contributed by atoms with Crippen molar-refractivity contribution in [2.24, 2.45) is 11.7 Å². The largest absolute Gasteiger partial charge is 0.369 e. The van der Waals surface area contributed by atoms with Crippen LogP contribution in [0, 0.1) is 5.92 Å². The summed E-state index contributed by atoms with van der Waals surface area (Å²) in [5.74, 6) is -0.487. The Balaban J connectivity index is 1.90. The molecule has 0 radical (unpaired) electrons. The van der Waals surface area contributed by atoms with Gasteiger partial charge in [0.2, 0.25) is 15.9 Å². The summed E-state index contributed by atoms with van der Waals surface area (Å²) in [7, 11) is -3.33. The number of carbonyl (C=O) groups is 2. The van der Waals surface area contributed by atoms with E-state index in [2.05, 4.69) is 10.0 Å². The number of primary amides is 1. The van der Waals surface area contributed by atoms with Crippen molar-refractivity contribution in [2.75, 3.05) is 29.4 Å². The predicted molar refractivity (Wildman–Crippen MR) is 87.4 cm³/mol. The van der Waals surface area contributed by atoms with Gasteiger partial charge in [-0.25, -0.2) is 13.2 Å². The average molecular weight is 340 g/mol. The summed E-state index contributed by atoms with van der Waals surface area (Å²) in [5.41, 5.74) is 6.25. The molecule has 1 saturated heterocycles. The topological polar surface area (TPSA) is 122 Å². The second kappa shape index (κ2) is 6.86. The third-order valence-corrected chi connectivity index (χ3v) is 4.23. The van der Waals surface area contributed by atoms with Crippen LogP contribution in [0.4, 0.5) is 16.2 Å². The molecule has 1 aliphatic heterocycles. The Kier molecular flexibility index (Phi) is 5.09. The number of likely N-dealkylation sites (tertiary alicyclic amines) is 1. The fraction of sp³-hybridized carbons (Fsp3) is 0.429. The number of hydrogen-bond donors (Lipinski definition) is 3. The van der Waals surface area contributed by atoms with Crippen LogP contribution >= 0.6 is 0 Å². The Morgan fingerprint density at radius 1 is 1.13 bits per heavy atom. The minimum atomic E-state index is -3.33. The number of amides is 3. The molecule has 1 aromatic rings. The lowest BCUT2D eigenvalue weighted by molar-refractivity contribution is -0.122. The van der Waals surface area contributed by atoms with E-state index < -0.39 is 10.0 Å². The van der Waals surface area contributed by atoms with E-state index >= 15 is 0 Å². The van der Waals surface area contributed by atoms with E-state index in [1.807, 2.05) is 0 Å². The molecular weight excluding hydrogens is 320 g/mol. The first kappa shape index (κ1) is 17.1. The van der Waals surface area contributed by atoms with Crippen LogP contribution in [-0.2, 0) is 14.8 Å². The molecule has 0 bridgehead atoms. The molecule has 1 aromatic carbocycles. The van der Waals surface area contributed by atoms with Crippen LogP contribution < -0.4 is 15.8 Å². The number of rotatable bonds is 4. The van der Waals surface area contributed by atoms with E-state index in [9.17, 15) is 18.0 Å². The van der Waals surface area contributed by atoms with E-state index in [0.717, 1.165) is 6.26 Å². The first-order valence-corrected chi connectivity index (χ1v) is 9.07. The maximum Gasteiger partial charge on any atom is 0.321 e. The molecule has 9 heteroatoms. The third-order valence-electron chi connectivity index (χ3n) is 3.62. The molecule has 2 rings (SSSR count). The molecule has 1 heterocycles. The lowest BCUT2D eigenvalue weighted by atomic mass is 9.96. The van der Waals surface area contributed by atoms with Crippen molar-refractivity contribution in [2.45, 2.75) is 12.8 Å². The highest BCUT2D eigenvalue weighted by Crippen LogP contribution is 2.19. The highest BCUT2D eigenvalue weighted by Gasteiger charge is 2.25. The van der Waals surface area contributed by atoms with Crippen molar-refractivity contribution < 1.29 is 18.0 Å². The molecule has 23 heavy (non-hydrogen) atoms. The van der Waals surface area contributed by atoms with Gasteiger partial charge in [0.15, 0.2) is 0 Å². The lowest BCUT2D eigenvalue weighted by Gasteiger charge is -2.30. The number of piperidine rings is 1. The number of nitrogens with two attached hydrogens (primary N) is 1. The zero-order valence-corrected chi connectivity index (χ0v) is 13.6. The van der Waals surface area contributed by atoms with Crippen LogP contribution in [0.3, 0.4) is 0 Å². The van der Waals surface area contributed by atoms with Crippen molar-refractivity contribution >= 4 is 33.3 Å². The molecule has 126 valence electrons. The highest BCUT2D eigenvalue weighted by atomic mass is 32.2. The maximum absolute atomic E-state index is 12.1. The predicted octanol–water partition coefficient (Wildman–Crippen LogP) is 0.787. The summed E-state index contributed by atoms with van der Waals surface area (Å²) in [6.07, 6.45) is 2.21. The van der Waals surface area contributed by atoms with E-state index in [1.54, 1.807) is 29.2 Å². The van der Waals surface area contributed by atoms with Crippen molar-refractivity contribution in [3.63, 3.8) is 0 Å². The normalized spacial score (nSPS) is 16.0. The Morgan fingerprint density at radius 2 is 1.65 bits per heavy atom. The van der Waals surface area contributed by atoms with Crippen LogP contribution in [0.15, 0.2) is 24.3 Å². The highest BCUT2D eigenvalue weighted by molar-refractivity contribution is 7.92. The molecule has 3 amide bonds. The number of nitrogens with one attached hydrogen (secondary N) is 2. The Bertz CT molecular complexity index is 679. The summed E-state index contributed by atoms with van der Waals surface area (Å²) in [6.45, 7) is 0.959. The first-order chi connectivity index (χ1) is 10.7. The summed E-state index contributed by atoms with van der Waals surface area (Å²) < 4.78 is 24.6. The van der Waals surface area contributed by atoms with E-state index in [1.165, 1.54) is 0 Å². The second-order valence-electron chi connectivity index (χ2n) is 5.55. The number of urea groups is 1. The van der Waals surface area contributed by atoms with Gasteiger partial charge in [-0.15, -0.1) is 0 Å². The molecular formula is C14H20N4O4S. The molecule has 1 fully saturated rings. The van der Waals surface area contributed by atoms with Gasteiger partial charge in [-0.3, -0.25) is 9.52 Å². The second-order valence-corrected chi connectivity index (χ2v) is 7.29. The van der Waals surface area contributed by atoms with Gasteiger partial charge >= 0.3 is 6.03 Å². The van der Waals surface area contributed by atoms with Crippen molar-refractivity contribution in [1.29, 1.82) is 0 Å². The Morgan fingerprint density at radius 3 is 2.13 bits per heavy atom. The molecule has 0 aromatic heterocycles. The van der Waals surface area contributed by atoms with Gasteiger partial charge in [0.1, 0.15) is 0 Å². The van der Waals surface area contributed by atoms with Crippen LogP contribution in [0.5, 0.6) is 0 Å². The molecule has 0 atom stereocenters.